The SMILES string of the molecule is CCn1c2c(c3ccccc31)CCN=CC2C(=O)O. The number of carboxylic acids is 1. The lowest BCUT2D eigenvalue weighted by Crippen LogP contribution is -2.17. The number of aliphatic imine (C=N–C) groups is 1. The summed E-state index contributed by atoms with van der Waals surface area (Å²) in [5, 5.41) is 10.6. The molecular formula is C15H16N2O2. The molecule has 0 fully saturated rings. The Labute approximate surface area is 111 Å². The standard InChI is InChI=1S/C15H16N2O2/c1-2-17-13-6-4-3-5-10(13)11-7-8-16-9-12(14(11)17)15(18)19/h3-6,9,12H,2,7-8H2,1H3,(H,18,19). The molecule has 2 aromatic rings. The van der Waals surface area contributed by atoms with E-state index in [9.17, 15) is 9.90 Å². The molecule has 1 aliphatic heterocycles. The molecule has 0 aliphatic carbocycles. The Balaban J connectivity index is 2.37. The first kappa shape index (κ1) is 12.0. The van der Waals surface area contributed by atoms with Gasteiger partial charge in [0, 0.05) is 35.9 Å². The van der Waals surface area contributed by atoms with Gasteiger partial charge >= 0.3 is 5.97 Å². The number of benzene rings is 1. The number of carboxylic acid groups (broad SMARTS) is 1. The Morgan fingerprint density at radius 1 is 1.47 bits per heavy atom. The van der Waals surface area contributed by atoms with E-state index in [1.807, 2.05) is 19.1 Å². The number of rotatable bonds is 2. The molecule has 4 nitrogen and oxygen atoms in total. The molecule has 0 radical (unpaired) electrons. The van der Waals surface area contributed by atoms with Crippen molar-refractivity contribution in [1.82, 2.24) is 4.57 Å². The maximum atomic E-state index is 11.5. The van der Waals surface area contributed by atoms with Crippen LogP contribution >= 0.6 is 0 Å². The Kier molecular flexibility index (Phi) is 2.85. The lowest BCUT2D eigenvalue weighted by Gasteiger charge is -2.12. The summed E-state index contributed by atoms with van der Waals surface area (Å²) >= 11 is 0. The van der Waals surface area contributed by atoms with E-state index in [4.69, 9.17) is 0 Å². The summed E-state index contributed by atoms with van der Waals surface area (Å²) in [5.41, 5.74) is 3.16. The van der Waals surface area contributed by atoms with Crippen LogP contribution in [0.1, 0.15) is 24.1 Å². The normalized spacial score (nSPS) is 18.3. The van der Waals surface area contributed by atoms with Gasteiger partial charge in [0.05, 0.1) is 0 Å². The summed E-state index contributed by atoms with van der Waals surface area (Å²) in [6.07, 6.45) is 2.39. The largest absolute Gasteiger partial charge is 0.480 e. The molecule has 0 saturated heterocycles. The minimum atomic E-state index is -0.829. The van der Waals surface area contributed by atoms with Crippen LogP contribution in [-0.2, 0) is 17.8 Å². The van der Waals surface area contributed by atoms with Crippen LogP contribution in [0.2, 0.25) is 0 Å². The molecule has 1 aromatic carbocycles. The van der Waals surface area contributed by atoms with Gasteiger partial charge in [-0.15, -0.1) is 0 Å². The topological polar surface area (TPSA) is 54.6 Å². The maximum Gasteiger partial charge on any atom is 0.318 e. The lowest BCUT2D eigenvalue weighted by molar-refractivity contribution is -0.137. The molecule has 2 heterocycles. The number of carbonyl (C=O) groups is 1. The Hall–Kier alpha value is -2.10. The molecule has 1 N–H and O–H groups in total. The van der Waals surface area contributed by atoms with Crippen LogP contribution < -0.4 is 0 Å². The van der Waals surface area contributed by atoms with Crippen molar-refractivity contribution in [2.75, 3.05) is 6.54 Å². The van der Waals surface area contributed by atoms with Crippen molar-refractivity contribution in [3.05, 3.63) is 35.5 Å². The third-order valence-corrected chi connectivity index (χ3v) is 3.74. The van der Waals surface area contributed by atoms with Crippen LogP contribution in [0.15, 0.2) is 29.3 Å². The van der Waals surface area contributed by atoms with Crippen LogP contribution in [0.3, 0.4) is 0 Å². The molecule has 3 rings (SSSR count). The number of fused-ring (bicyclic) bond motifs is 3. The summed E-state index contributed by atoms with van der Waals surface area (Å²) in [4.78, 5) is 15.7. The second-order valence-electron chi connectivity index (χ2n) is 4.75. The minimum absolute atomic E-state index is 0.634. The van der Waals surface area contributed by atoms with E-state index in [1.165, 1.54) is 0 Å². The Morgan fingerprint density at radius 3 is 3.00 bits per heavy atom. The van der Waals surface area contributed by atoms with Gasteiger partial charge in [-0.25, -0.2) is 0 Å². The first-order valence-corrected chi connectivity index (χ1v) is 6.56. The molecule has 1 aromatic heterocycles. The number of aromatic nitrogens is 1. The molecular weight excluding hydrogens is 240 g/mol. The molecule has 19 heavy (non-hydrogen) atoms. The zero-order valence-corrected chi connectivity index (χ0v) is 10.8. The van der Waals surface area contributed by atoms with Crippen molar-refractivity contribution in [3.8, 4) is 0 Å². The molecule has 1 atom stereocenters. The van der Waals surface area contributed by atoms with Gasteiger partial charge in [0.25, 0.3) is 0 Å². The first-order chi connectivity index (χ1) is 9.24. The number of nitrogens with zero attached hydrogens (tertiary/aromatic N) is 2. The van der Waals surface area contributed by atoms with Crippen LogP contribution in [-0.4, -0.2) is 28.4 Å². The quantitative estimate of drug-likeness (QED) is 0.897. The zero-order chi connectivity index (χ0) is 13.4. The van der Waals surface area contributed by atoms with Gasteiger partial charge in [-0.05, 0) is 25.0 Å². The van der Waals surface area contributed by atoms with E-state index < -0.39 is 11.9 Å². The van der Waals surface area contributed by atoms with Crippen molar-refractivity contribution in [2.24, 2.45) is 4.99 Å². The second kappa shape index (κ2) is 4.53. The minimum Gasteiger partial charge on any atom is -0.480 e. The highest BCUT2D eigenvalue weighted by Gasteiger charge is 2.28. The number of hydrogen-bond donors (Lipinski definition) is 1. The van der Waals surface area contributed by atoms with Crippen molar-refractivity contribution in [1.29, 1.82) is 0 Å². The first-order valence-electron chi connectivity index (χ1n) is 6.56. The van der Waals surface area contributed by atoms with Gasteiger partial charge in [-0.3, -0.25) is 9.79 Å². The summed E-state index contributed by atoms with van der Waals surface area (Å²) in [6, 6.07) is 8.13. The third-order valence-electron chi connectivity index (χ3n) is 3.74. The lowest BCUT2D eigenvalue weighted by atomic mass is 10.00. The van der Waals surface area contributed by atoms with Gasteiger partial charge in [0.15, 0.2) is 0 Å². The van der Waals surface area contributed by atoms with E-state index in [2.05, 4.69) is 21.7 Å². The van der Waals surface area contributed by atoms with Crippen LogP contribution in [0.4, 0.5) is 0 Å². The number of aryl methyl sites for hydroxylation is 1. The van der Waals surface area contributed by atoms with Crippen molar-refractivity contribution in [2.45, 2.75) is 25.8 Å². The highest BCUT2D eigenvalue weighted by atomic mass is 16.4. The fourth-order valence-electron chi connectivity index (χ4n) is 2.96. The average molecular weight is 256 g/mol. The van der Waals surface area contributed by atoms with Crippen molar-refractivity contribution >= 4 is 23.1 Å². The average Bonchev–Trinajstić information content (AvgIpc) is 2.58. The summed E-state index contributed by atoms with van der Waals surface area (Å²) in [7, 11) is 0. The molecule has 0 saturated carbocycles. The molecule has 4 heteroatoms. The van der Waals surface area contributed by atoms with E-state index in [-0.39, 0.29) is 0 Å². The maximum absolute atomic E-state index is 11.5. The summed E-state index contributed by atoms with van der Waals surface area (Å²) in [5.74, 6) is -1.46. The van der Waals surface area contributed by atoms with Gasteiger partial charge < -0.3 is 9.67 Å². The summed E-state index contributed by atoms with van der Waals surface area (Å²) in [6.45, 7) is 3.48. The highest BCUT2D eigenvalue weighted by Crippen LogP contribution is 2.32. The van der Waals surface area contributed by atoms with Gasteiger partial charge in [0.2, 0.25) is 0 Å². The highest BCUT2D eigenvalue weighted by molar-refractivity contribution is 5.98. The van der Waals surface area contributed by atoms with Crippen LogP contribution in [0, 0.1) is 0 Å². The molecule has 0 spiro atoms. The fraction of sp³-hybridized carbons (Fsp3) is 0.333. The number of aliphatic carboxylic acids is 1. The summed E-state index contributed by atoms with van der Waals surface area (Å²) < 4.78 is 2.11. The monoisotopic (exact) mass is 256 g/mol. The van der Waals surface area contributed by atoms with Crippen LogP contribution in [0.25, 0.3) is 10.9 Å². The van der Waals surface area contributed by atoms with E-state index in [0.717, 1.165) is 35.1 Å². The van der Waals surface area contributed by atoms with E-state index in [0.29, 0.717) is 6.54 Å². The number of para-hydroxylation sites is 1. The number of hydrogen-bond acceptors (Lipinski definition) is 2. The molecule has 1 aliphatic rings. The second-order valence-corrected chi connectivity index (χ2v) is 4.75. The predicted octanol–water partition coefficient (Wildman–Crippen LogP) is 2.46. The van der Waals surface area contributed by atoms with Gasteiger partial charge in [-0.2, -0.15) is 0 Å². The molecule has 1 unspecified atom stereocenters. The molecule has 0 bridgehead atoms. The molecule has 0 amide bonds. The predicted molar refractivity (Wildman–Crippen MR) is 75.1 cm³/mol. The van der Waals surface area contributed by atoms with Gasteiger partial charge in [0.1, 0.15) is 5.92 Å². The third kappa shape index (κ3) is 1.75. The van der Waals surface area contributed by atoms with Crippen molar-refractivity contribution < 1.29 is 9.90 Å². The fourth-order valence-corrected chi connectivity index (χ4v) is 2.96. The Bertz CT molecular complexity index is 670. The van der Waals surface area contributed by atoms with Gasteiger partial charge in [-0.1, -0.05) is 18.2 Å². The van der Waals surface area contributed by atoms with Crippen molar-refractivity contribution in [3.63, 3.8) is 0 Å². The zero-order valence-electron chi connectivity index (χ0n) is 10.8. The molecule has 98 valence electrons. The van der Waals surface area contributed by atoms with Crippen LogP contribution in [0.5, 0.6) is 0 Å². The van der Waals surface area contributed by atoms with E-state index >= 15 is 0 Å². The van der Waals surface area contributed by atoms with E-state index in [1.54, 1.807) is 6.21 Å². The smallest absolute Gasteiger partial charge is 0.318 e. The Morgan fingerprint density at radius 2 is 2.26 bits per heavy atom.